The molecule has 0 bridgehead atoms. The van der Waals surface area contributed by atoms with Crippen molar-refractivity contribution < 1.29 is 31.1 Å². The number of para-hydroxylation sites is 1. The van der Waals surface area contributed by atoms with Crippen molar-refractivity contribution in [2.24, 2.45) is 5.73 Å². The maximum absolute atomic E-state index is 13.0. The van der Waals surface area contributed by atoms with Crippen LogP contribution in [0, 0.1) is 0 Å². The lowest BCUT2D eigenvalue weighted by atomic mass is 9.97. The van der Waals surface area contributed by atoms with Gasteiger partial charge >= 0.3 is 12.5 Å². The third kappa shape index (κ3) is 4.64. The third-order valence-corrected chi connectivity index (χ3v) is 3.18. The van der Waals surface area contributed by atoms with Crippen LogP contribution in [-0.2, 0) is 12.6 Å². The Labute approximate surface area is 133 Å². The van der Waals surface area contributed by atoms with Gasteiger partial charge in [0.05, 0.1) is 5.56 Å². The largest absolute Gasteiger partial charge is 0.573 e. The maximum atomic E-state index is 13.0. The van der Waals surface area contributed by atoms with Crippen LogP contribution in [-0.4, -0.2) is 12.9 Å². The molecule has 0 aliphatic carbocycles. The predicted octanol–water partition coefficient (Wildman–Crippen LogP) is 4.77. The van der Waals surface area contributed by atoms with E-state index in [0.717, 1.165) is 18.2 Å². The molecule has 8 heteroatoms. The lowest BCUT2D eigenvalue weighted by Crippen LogP contribution is -2.17. The normalized spacial score (nSPS) is 12.3. The second kappa shape index (κ2) is 6.72. The van der Waals surface area contributed by atoms with Crippen LogP contribution in [0.15, 0.2) is 42.5 Å². The highest BCUT2D eigenvalue weighted by Crippen LogP contribution is 2.38. The highest BCUT2D eigenvalue weighted by molar-refractivity contribution is 5.71. The van der Waals surface area contributed by atoms with Gasteiger partial charge in [-0.1, -0.05) is 24.3 Å². The van der Waals surface area contributed by atoms with Crippen molar-refractivity contribution >= 4 is 0 Å². The number of halogens is 6. The molecule has 0 aliphatic rings. The lowest BCUT2D eigenvalue weighted by Gasteiger charge is -2.16. The SMILES string of the molecule is NCCc1cc(-c2ccccc2OC(F)(F)F)cc(C(F)(F)F)c1. The summed E-state index contributed by atoms with van der Waals surface area (Å²) in [6.07, 6.45) is -9.41. The Bertz CT molecular complexity index is 708. The molecule has 0 saturated carbocycles. The molecule has 0 amide bonds. The standard InChI is InChI=1S/C16H13F6NO/c17-15(18,19)12-8-10(5-6-23)7-11(9-12)13-3-1-2-4-14(13)24-16(20,21)22/h1-4,7-9H,5-6,23H2. The fourth-order valence-electron chi connectivity index (χ4n) is 2.24. The van der Waals surface area contributed by atoms with Gasteiger partial charge < -0.3 is 10.5 Å². The van der Waals surface area contributed by atoms with E-state index in [0.29, 0.717) is 0 Å². The predicted molar refractivity (Wildman–Crippen MR) is 76.3 cm³/mol. The van der Waals surface area contributed by atoms with Crippen LogP contribution >= 0.6 is 0 Å². The fourth-order valence-corrected chi connectivity index (χ4v) is 2.24. The molecule has 0 radical (unpaired) electrons. The molecule has 0 saturated heterocycles. The Morgan fingerprint density at radius 2 is 1.58 bits per heavy atom. The minimum Gasteiger partial charge on any atom is -0.405 e. The van der Waals surface area contributed by atoms with E-state index in [1.54, 1.807) is 0 Å². The molecule has 2 nitrogen and oxygen atoms in total. The molecule has 0 spiro atoms. The Hall–Kier alpha value is -2.22. The monoisotopic (exact) mass is 349 g/mol. The summed E-state index contributed by atoms with van der Waals surface area (Å²) < 4.78 is 80.5. The summed E-state index contributed by atoms with van der Waals surface area (Å²) in [6.45, 7) is 0.113. The van der Waals surface area contributed by atoms with Crippen molar-refractivity contribution in [1.29, 1.82) is 0 Å². The van der Waals surface area contributed by atoms with E-state index < -0.39 is 23.9 Å². The second-order valence-electron chi connectivity index (χ2n) is 5.00. The van der Waals surface area contributed by atoms with Crippen LogP contribution in [0.5, 0.6) is 5.75 Å². The molecule has 0 aliphatic heterocycles. The van der Waals surface area contributed by atoms with E-state index in [-0.39, 0.29) is 29.7 Å². The molecule has 0 aromatic heterocycles. The number of nitrogens with two attached hydrogens (primary N) is 1. The van der Waals surface area contributed by atoms with Gasteiger partial charge in [0.1, 0.15) is 5.75 Å². The Morgan fingerprint density at radius 3 is 2.17 bits per heavy atom. The summed E-state index contributed by atoms with van der Waals surface area (Å²) in [4.78, 5) is 0. The molecule has 0 unspecified atom stereocenters. The molecular formula is C16H13F6NO. The topological polar surface area (TPSA) is 35.2 Å². The zero-order valence-electron chi connectivity index (χ0n) is 12.2. The molecule has 2 rings (SSSR count). The van der Waals surface area contributed by atoms with E-state index in [2.05, 4.69) is 4.74 Å². The smallest absolute Gasteiger partial charge is 0.405 e. The van der Waals surface area contributed by atoms with Gasteiger partial charge in [0.25, 0.3) is 0 Å². The van der Waals surface area contributed by atoms with E-state index in [1.165, 1.54) is 24.3 Å². The molecule has 130 valence electrons. The van der Waals surface area contributed by atoms with Crippen LogP contribution in [0.2, 0.25) is 0 Å². The highest BCUT2D eigenvalue weighted by atomic mass is 19.4. The first-order chi connectivity index (χ1) is 11.1. The van der Waals surface area contributed by atoms with Gasteiger partial charge in [-0.3, -0.25) is 0 Å². The quantitative estimate of drug-likeness (QED) is 0.807. The molecule has 24 heavy (non-hydrogen) atoms. The van der Waals surface area contributed by atoms with Gasteiger partial charge in [-0.05, 0) is 42.3 Å². The van der Waals surface area contributed by atoms with Crippen molar-refractivity contribution in [2.75, 3.05) is 6.54 Å². The summed E-state index contributed by atoms with van der Waals surface area (Å²) in [7, 11) is 0. The van der Waals surface area contributed by atoms with Crippen LogP contribution in [0.1, 0.15) is 11.1 Å². The summed E-state index contributed by atoms with van der Waals surface area (Å²) in [6, 6.07) is 8.14. The van der Waals surface area contributed by atoms with Gasteiger partial charge in [-0.15, -0.1) is 13.2 Å². The average molecular weight is 349 g/mol. The molecular weight excluding hydrogens is 336 g/mol. The summed E-state index contributed by atoms with van der Waals surface area (Å²) in [5, 5.41) is 0. The van der Waals surface area contributed by atoms with E-state index in [1.807, 2.05) is 0 Å². The van der Waals surface area contributed by atoms with Crippen molar-refractivity contribution in [3.63, 3.8) is 0 Å². The number of hydrogen-bond acceptors (Lipinski definition) is 2. The van der Waals surface area contributed by atoms with Gasteiger partial charge in [-0.25, -0.2) is 0 Å². The number of alkyl halides is 6. The number of ether oxygens (including phenoxy) is 1. The van der Waals surface area contributed by atoms with E-state index in [4.69, 9.17) is 5.73 Å². The first kappa shape index (κ1) is 18.1. The van der Waals surface area contributed by atoms with Crippen LogP contribution in [0.4, 0.5) is 26.3 Å². The molecule has 0 atom stereocenters. The fraction of sp³-hybridized carbons (Fsp3) is 0.250. The van der Waals surface area contributed by atoms with Crippen molar-refractivity contribution in [1.82, 2.24) is 0 Å². The van der Waals surface area contributed by atoms with Crippen molar-refractivity contribution in [2.45, 2.75) is 19.0 Å². The summed E-state index contributed by atoms with van der Waals surface area (Å²) in [5.74, 6) is -0.567. The van der Waals surface area contributed by atoms with Crippen LogP contribution in [0.3, 0.4) is 0 Å². The minimum absolute atomic E-state index is 0.0203. The van der Waals surface area contributed by atoms with Crippen molar-refractivity contribution in [3.8, 4) is 16.9 Å². The summed E-state index contributed by atoms with van der Waals surface area (Å²) >= 11 is 0. The highest BCUT2D eigenvalue weighted by Gasteiger charge is 2.33. The zero-order valence-corrected chi connectivity index (χ0v) is 12.2. The molecule has 2 N–H and O–H groups in total. The minimum atomic E-state index is -4.95. The number of rotatable bonds is 4. The first-order valence-electron chi connectivity index (χ1n) is 6.86. The lowest BCUT2D eigenvalue weighted by molar-refractivity contribution is -0.274. The second-order valence-corrected chi connectivity index (χ2v) is 5.00. The van der Waals surface area contributed by atoms with Gasteiger partial charge in [0.15, 0.2) is 0 Å². The number of benzene rings is 2. The first-order valence-corrected chi connectivity index (χ1v) is 6.86. The molecule has 0 heterocycles. The Morgan fingerprint density at radius 1 is 0.917 bits per heavy atom. The Kier molecular flexibility index (Phi) is 5.08. The molecule has 0 fully saturated rings. The Balaban J connectivity index is 2.58. The van der Waals surface area contributed by atoms with Crippen LogP contribution in [0.25, 0.3) is 11.1 Å². The van der Waals surface area contributed by atoms with Gasteiger partial charge in [0.2, 0.25) is 0 Å². The molecule has 2 aromatic carbocycles. The van der Waals surface area contributed by atoms with Crippen molar-refractivity contribution in [3.05, 3.63) is 53.6 Å². The van der Waals surface area contributed by atoms with Gasteiger partial charge in [-0.2, -0.15) is 13.2 Å². The van der Waals surface area contributed by atoms with Crippen LogP contribution < -0.4 is 10.5 Å². The maximum Gasteiger partial charge on any atom is 0.573 e. The van der Waals surface area contributed by atoms with E-state index >= 15 is 0 Å². The van der Waals surface area contributed by atoms with Gasteiger partial charge in [0, 0.05) is 5.56 Å². The number of hydrogen-bond donors (Lipinski definition) is 1. The molecule has 2 aromatic rings. The average Bonchev–Trinajstić information content (AvgIpc) is 2.45. The summed E-state index contributed by atoms with van der Waals surface area (Å²) in [5.41, 5.74) is 4.59. The zero-order chi connectivity index (χ0) is 18.0. The van der Waals surface area contributed by atoms with E-state index in [9.17, 15) is 26.3 Å². The third-order valence-electron chi connectivity index (χ3n) is 3.18.